The fraction of sp³-hybridized carbons (Fsp3) is 0.143. The van der Waals surface area contributed by atoms with Crippen molar-refractivity contribution in [3.05, 3.63) is 76.7 Å². The minimum Gasteiger partial charge on any atom is -0.495 e. The molecular weight excluding hydrogens is 370 g/mol. The maximum atomic E-state index is 13.0. The van der Waals surface area contributed by atoms with E-state index < -0.39 is 5.91 Å². The average Bonchev–Trinajstić information content (AvgIpc) is 3.16. The molecule has 0 bridgehead atoms. The minimum absolute atomic E-state index is 0.179. The quantitative estimate of drug-likeness (QED) is 0.579. The summed E-state index contributed by atoms with van der Waals surface area (Å²) in [5.74, 6) is 0.237. The fourth-order valence-electron chi connectivity index (χ4n) is 3.18. The van der Waals surface area contributed by atoms with E-state index in [1.54, 1.807) is 55.9 Å². The third-order valence-electron chi connectivity index (χ3n) is 4.60. The Kier molecular flexibility index (Phi) is 4.59. The molecule has 0 saturated carbocycles. The zero-order valence-corrected chi connectivity index (χ0v) is 16.2. The molecule has 0 radical (unpaired) electrons. The molecule has 4 aromatic rings. The zero-order chi connectivity index (χ0) is 20.5. The number of hydrogen-bond donors (Lipinski definition) is 1. The molecule has 0 aliphatic rings. The van der Waals surface area contributed by atoms with E-state index in [0.29, 0.717) is 22.2 Å². The molecule has 2 heterocycles. The number of carbonyl (C=O) groups is 1. The van der Waals surface area contributed by atoms with Crippen LogP contribution in [0, 0.1) is 6.92 Å². The predicted molar refractivity (Wildman–Crippen MR) is 110 cm³/mol. The molecule has 4 rings (SSSR count). The Morgan fingerprint density at radius 1 is 1.14 bits per heavy atom. The van der Waals surface area contributed by atoms with Gasteiger partial charge in [0.1, 0.15) is 5.75 Å². The van der Waals surface area contributed by atoms with Crippen LogP contribution in [0.1, 0.15) is 16.2 Å². The van der Waals surface area contributed by atoms with Crippen molar-refractivity contribution in [2.75, 3.05) is 12.4 Å². The summed E-state index contributed by atoms with van der Waals surface area (Å²) >= 11 is 0. The average molecular weight is 389 g/mol. The van der Waals surface area contributed by atoms with Gasteiger partial charge in [0.05, 0.1) is 30.2 Å². The summed E-state index contributed by atoms with van der Waals surface area (Å²) in [6.45, 7) is 1.89. The van der Waals surface area contributed by atoms with Crippen molar-refractivity contribution in [1.29, 1.82) is 0 Å². The summed E-state index contributed by atoms with van der Waals surface area (Å²) < 4.78 is 8.42. The molecule has 1 amide bonds. The molecule has 29 heavy (non-hydrogen) atoms. The van der Waals surface area contributed by atoms with Crippen LogP contribution >= 0.6 is 0 Å². The van der Waals surface area contributed by atoms with Gasteiger partial charge in [0.25, 0.3) is 11.5 Å². The first-order valence-corrected chi connectivity index (χ1v) is 8.94. The molecule has 0 saturated heterocycles. The number of carbonyl (C=O) groups excluding carboxylic acids is 1. The molecule has 0 unspecified atom stereocenters. The number of imidazole rings is 1. The topological polar surface area (TPSA) is 91.0 Å². The number of nitrogens with one attached hydrogen (secondary N) is 1. The number of benzene rings is 2. The molecule has 0 aliphatic heterocycles. The van der Waals surface area contributed by atoms with Crippen molar-refractivity contribution in [3.63, 3.8) is 0 Å². The third-order valence-corrected chi connectivity index (χ3v) is 4.60. The number of rotatable bonds is 4. The first kappa shape index (κ1) is 18.4. The monoisotopic (exact) mass is 389 g/mol. The number of hydrogen-bond acceptors (Lipinski definition) is 5. The number of fused-ring (bicyclic) bond motifs is 1. The van der Waals surface area contributed by atoms with Gasteiger partial charge in [-0.2, -0.15) is 5.10 Å². The van der Waals surface area contributed by atoms with Gasteiger partial charge in [-0.1, -0.05) is 18.2 Å². The van der Waals surface area contributed by atoms with Crippen molar-refractivity contribution >= 4 is 22.4 Å². The Morgan fingerprint density at radius 2 is 1.90 bits per heavy atom. The summed E-state index contributed by atoms with van der Waals surface area (Å²) in [4.78, 5) is 29.5. The molecule has 8 nitrogen and oxygen atoms in total. The molecule has 0 atom stereocenters. The highest BCUT2D eigenvalue weighted by Gasteiger charge is 2.17. The molecule has 0 aliphatic carbocycles. The van der Waals surface area contributed by atoms with Gasteiger partial charge < -0.3 is 14.6 Å². The van der Waals surface area contributed by atoms with Gasteiger partial charge in [-0.15, -0.1) is 0 Å². The van der Waals surface area contributed by atoms with Crippen LogP contribution in [0.4, 0.5) is 5.69 Å². The molecule has 1 N–H and O–H groups in total. The number of aromatic nitrogens is 4. The summed E-state index contributed by atoms with van der Waals surface area (Å²) in [6.07, 6.45) is 3.55. The SMILES string of the molecule is COc1ccc(NC(=O)c2nn(C)c(=O)c3ccccc23)cc1-n1cnc(C)c1. The van der Waals surface area contributed by atoms with E-state index in [2.05, 4.69) is 15.4 Å². The Bertz CT molecular complexity index is 1290. The number of methoxy groups -OCH3 is 1. The molecule has 8 heteroatoms. The van der Waals surface area contributed by atoms with E-state index in [-0.39, 0.29) is 11.3 Å². The summed E-state index contributed by atoms with van der Waals surface area (Å²) in [6, 6.07) is 12.2. The first-order valence-electron chi connectivity index (χ1n) is 8.94. The van der Waals surface area contributed by atoms with E-state index in [4.69, 9.17) is 4.74 Å². The van der Waals surface area contributed by atoms with E-state index >= 15 is 0 Å². The van der Waals surface area contributed by atoms with Crippen molar-refractivity contribution in [1.82, 2.24) is 19.3 Å². The van der Waals surface area contributed by atoms with Gasteiger partial charge in [-0.05, 0) is 31.2 Å². The maximum absolute atomic E-state index is 13.0. The maximum Gasteiger partial charge on any atom is 0.276 e. The molecule has 2 aromatic heterocycles. The van der Waals surface area contributed by atoms with Gasteiger partial charge in [0.15, 0.2) is 5.69 Å². The lowest BCUT2D eigenvalue weighted by Gasteiger charge is -2.13. The number of ether oxygens (including phenoxy) is 1. The van der Waals surface area contributed by atoms with Gasteiger partial charge in [0.2, 0.25) is 0 Å². The molecular formula is C21H19N5O3. The second kappa shape index (κ2) is 7.23. The van der Waals surface area contributed by atoms with E-state index in [0.717, 1.165) is 11.4 Å². The van der Waals surface area contributed by atoms with Crippen LogP contribution < -0.4 is 15.6 Å². The Morgan fingerprint density at radius 3 is 2.59 bits per heavy atom. The number of nitrogens with zero attached hydrogens (tertiary/aromatic N) is 4. The van der Waals surface area contributed by atoms with Crippen LogP contribution in [0.15, 0.2) is 59.8 Å². The van der Waals surface area contributed by atoms with Gasteiger partial charge in [-0.3, -0.25) is 9.59 Å². The summed E-state index contributed by atoms with van der Waals surface area (Å²) in [5, 5.41) is 7.98. The van der Waals surface area contributed by atoms with Crippen molar-refractivity contribution in [2.24, 2.45) is 7.05 Å². The molecule has 0 fully saturated rings. The Labute approximate surface area is 166 Å². The van der Waals surface area contributed by atoms with Crippen LogP contribution in [-0.4, -0.2) is 32.3 Å². The van der Waals surface area contributed by atoms with Crippen molar-refractivity contribution < 1.29 is 9.53 Å². The van der Waals surface area contributed by atoms with Crippen LogP contribution in [0.25, 0.3) is 16.5 Å². The zero-order valence-electron chi connectivity index (χ0n) is 16.2. The van der Waals surface area contributed by atoms with Crippen LogP contribution in [0.5, 0.6) is 5.75 Å². The molecule has 146 valence electrons. The standard InChI is InChI=1S/C21H19N5O3/c1-13-11-26(12-22-13)17-10-14(8-9-18(17)29-3)23-20(27)19-15-6-4-5-7-16(15)21(28)25(2)24-19/h4-12H,1-3H3,(H,23,27). The highest BCUT2D eigenvalue weighted by molar-refractivity contribution is 6.11. The van der Waals surface area contributed by atoms with Crippen LogP contribution in [0.3, 0.4) is 0 Å². The lowest BCUT2D eigenvalue weighted by atomic mass is 10.1. The van der Waals surface area contributed by atoms with E-state index in [9.17, 15) is 9.59 Å². The van der Waals surface area contributed by atoms with E-state index in [1.807, 2.05) is 17.7 Å². The Balaban J connectivity index is 1.74. The Hall–Kier alpha value is -3.94. The van der Waals surface area contributed by atoms with Crippen molar-refractivity contribution in [3.8, 4) is 11.4 Å². The van der Waals surface area contributed by atoms with Gasteiger partial charge in [-0.25, -0.2) is 9.67 Å². The minimum atomic E-state index is -0.408. The summed E-state index contributed by atoms with van der Waals surface area (Å²) in [5.41, 5.74) is 2.10. The number of aryl methyl sites for hydroxylation is 2. The lowest BCUT2D eigenvalue weighted by Crippen LogP contribution is -2.25. The normalized spacial score (nSPS) is 10.9. The number of amides is 1. The van der Waals surface area contributed by atoms with Gasteiger partial charge >= 0.3 is 0 Å². The molecule has 0 spiro atoms. The third kappa shape index (κ3) is 3.36. The second-order valence-corrected chi connectivity index (χ2v) is 6.59. The second-order valence-electron chi connectivity index (χ2n) is 6.59. The highest BCUT2D eigenvalue weighted by Crippen LogP contribution is 2.27. The highest BCUT2D eigenvalue weighted by atomic mass is 16.5. The first-order chi connectivity index (χ1) is 14.0. The van der Waals surface area contributed by atoms with Crippen LogP contribution in [-0.2, 0) is 7.05 Å². The number of anilines is 1. The van der Waals surface area contributed by atoms with E-state index in [1.165, 1.54) is 11.7 Å². The fourth-order valence-corrected chi connectivity index (χ4v) is 3.18. The predicted octanol–water partition coefficient (Wildman–Crippen LogP) is 2.69. The largest absolute Gasteiger partial charge is 0.495 e. The lowest BCUT2D eigenvalue weighted by molar-refractivity contribution is 0.102. The van der Waals surface area contributed by atoms with Crippen LogP contribution in [0.2, 0.25) is 0 Å². The smallest absolute Gasteiger partial charge is 0.276 e. The summed E-state index contributed by atoms with van der Waals surface area (Å²) in [7, 11) is 3.11. The van der Waals surface area contributed by atoms with Gasteiger partial charge in [0, 0.05) is 24.3 Å². The molecule has 2 aromatic carbocycles. The van der Waals surface area contributed by atoms with Crippen molar-refractivity contribution in [2.45, 2.75) is 6.92 Å².